The van der Waals surface area contributed by atoms with Gasteiger partial charge in [-0.15, -0.1) is 0 Å². The van der Waals surface area contributed by atoms with E-state index in [9.17, 15) is 4.79 Å². The number of nitrogens with two attached hydrogens (primary N) is 1. The summed E-state index contributed by atoms with van der Waals surface area (Å²) in [5.41, 5.74) is 7.04. The van der Waals surface area contributed by atoms with E-state index in [1.165, 1.54) is 13.4 Å². The minimum absolute atomic E-state index is 0.0982. The van der Waals surface area contributed by atoms with Gasteiger partial charge in [0.05, 0.1) is 20.3 Å². The number of methoxy groups -OCH3 is 1. The van der Waals surface area contributed by atoms with Crippen molar-refractivity contribution in [3.63, 3.8) is 0 Å². The second-order valence-corrected chi connectivity index (χ2v) is 4.17. The van der Waals surface area contributed by atoms with Crippen LogP contribution in [-0.4, -0.2) is 24.7 Å². The third-order valence-electron chi connectivity index (χ3n) is 2.64. The Morgan fingerprint density at radius 3 is 2.85 bits per heavy atom. The van der Waals surface area contributed by atoms with E-state index in [4.69, 9.17) is 14.9 Å². The molecule has 0 amide bonds. The summed E-state index contributed by atoms with van der Waals surface area (Å²) in [6, 6.07) is 9.22. The number of hydrogen-bond donors (Lipinski definition) is 1. The van der Waals surface area contributed by atoms with Gasteiger partial charge in [-0.25, -0.2) is 9.78 Å². The normalized spacial score (nSPS) is 12.1. The Kier molecular flexibility index (Phi) is 4.86. The highest BCUT2D eigenvalue weighted by atomic mass is 16.5. The van der Waals surface area contributed by atoms with Gasteiger partial charge in [-0.2, -0.15) is 0 Å². The molecule has 1 heterocycles. The molecule has 0 aliphatic heterocycles. The van der Waals surface area contributed by atoms with Gasteiger partial charge < -0.3 is 19.6 Å². The van der Waals surface area contributed by atoms with Crippen molar-refractivity contribution < 1.29 is 18.7 Å². The zero-order valence-corrected chi connectivity index (χ0v) is 11.1. The van der Waals surface area contributed by atoms with E-state index < -0.39 is 12.0 Å². The summed E-state index contributed by atoms with van der Waals surface area (Å²) in [5, 5.41) is 0. The van der Waals surface area contributed by atoms with Crippen molar-refractivity contribution in [1.82, 2.24) is 4.98 Å². The standard InChI is InChI=1S/C14H16N2O4/c1-18-14(17)12-9-20-13(16-12)11(15)8-19-7-10-5-3-2-4-6-10/h2-6,9,11H,7-8,15H2,1H3. The summed E-state index contributed by atoms with van der Waals surface area (Å²) < 4.78 is 15.2. The van der Waals surface area contributed by atoms with Crippen LogP contribution in [0.4, 0.5) is 0 Å². The maximum atomic E-state index is 11.2. The van der Waals surface area contributed by atoms with Crippen LogP contribution < -0.4 is 5.73 Å². The van der Waals surface area contributed by atoms with Gasteiger partial charge in [0.1, 0.15) is 12.3 Å². The van der Waals surface area contributed by atoms with E-state index in [0.29, 0.717) is 6.61 Å². The van der Waals surface area contributed by atoms with Crippen LogP contribution >= 0.6 is 0 Å². The number of carbonyl (C=O) groups is 1. The molecule has 2 N–H and O–H groups in total. The molecule has 1 unspecified atom stereocenters. The molecule has 0 fully saturated rings. The molecule has 1 aromatic carbocycles. The third-order valence-corrected chi connectivity index (χ3v) is 2.64. The Balaban J connectivity index is 1.84. The van der Waals surface area contributed by atoms with Gasteiger partial charge in [-0.1, -0.05) is 30.3 Å². The molecule has 1 aromatic heterocycles. The van der Waals surface area contributed by atoms with E-state index in [1.807, 2.05) is 30.3 Å². The Bertz CT molecular complexity index is 553. The third kappa shape index (κ3) is 3.66. The molecule has 0 spiro atoms. The van der Waals surface area contributed by atoms with E-state index in [1.54, 1.807) is 0 Å². The Morgan fingerprint density at radius 1 is 1.40 bits per heavy atom. The minimum atomic E-state index is -0.558. The quantitative estimate of drug-likeness (QED) is 0.808. The van der Waals surface area contributed by atoms with Crippen LogP contribution in [-0.2, 0) is 16.1 Å². The second-order valence-electron chi connectivity index (χ2n) is 4.17. The highest BCUT2D eigenvalue weighted by Crippen LogP contribution is 2.12. The van der Waals surface area contributed by atoms with Gasteiger partial charge in [0, 0.05) is 0 Å². The number of esters is 1. The van der Waals surface area contributed by atoms with Gasteiger partial charge in [-0.3, -0.25) is 0 Å². The van der Waals surface area contributed by atoms with Crippen LogP contribution in [0.15, 0.2) is 41.0 Å². The Morgan fingerprint density at radius 2 is 2.15 bits per heavy atom. The number of aromatic nitrogens is 1. The van der Waals surface area contributed by atoms with Crippen molar-refractivity contribution in [2.24, 2.45) is 5.73 Å². The summed E-state index contributed by atoms with van der Waals surface area (Å²) in [5.74, 6) is -0.309. The van der Waals surface area contributed by atoms with Crippen LogP contribution in [0.3, 0.4) is 0 Å². The molecule has 0 bridgehead atoms. The second kappa shape index (κ2) is 6.83. The van der Waals surface area contributed by atoms with Gasteiger partial charge >= 0.3 is 5.97 Å². The number of hydrogen-bond acceptors (Lipinski definition) is 6. The average Bonchev–Trinajstić information content (AvgIpc) is 2.97. The van der Waals surface area contributed by atoms with Crippen LogP contribution in [0.25, 0.3) is 0 Å². The molecular formula is C14H16N2O4. The van der Waals surface area contributed by atoms with Gasteiger partial charge in [0.15, 0.2) is 5.69 Å². The first kappa shape index (κ1) is 14.2. The first-order chi connectivity index (χ1) is 9.70. The smallest absolute Gasteiger partial charge is 0.360 e. The molecule has 0 aliphatic carbocycles. The average molecular weight is 276 g/mol. The molecule has 2 rings (SSSR count). The van der Waals surface area contributed by atoms with Crippen molar-refractivity contribution >= 4 is 5.97 Å². The van der Waals surface area contributed by atoms with Gasteiger partial charge in [0.2, 0.25) is 5.89 Å². The number of nitrogens with zero attached hydrogens (tertiary/aromatic N) is 1. The highest BCUT2D eigenvalue weighted by molar-refractivity contribution is 5.86. The zero-order chi connectivity index (χ0) is 14.4. The number of carbonyl (C=O) groups excluding carboxylic acids is 1. The molecule has 2 aromatic rings. The molecule has 0 aliphatic rings. The lowest BCUT2D eigenvalue weighted by Gasteiger charge is -2.08. The van der Waals surface area contributed by atoms with Gasteiger partial charge in [0.25, 0.3) is 0 Å². The summed E-state index contributed by atoms with van der Waals surface area (Å²) in [4.78, 5) is 15.2. The molecule has 0 radical (unpaired) electrons. The number of benzene rings is 1. The minimum Gasteiger partial charge on any atom is -0.464 e. The monoisotopic (exact) mass is 276 g/mol. The lowest BCUT2D eigenvalue weighted by atomic mass is 10.2. The van der Waals surface area contributed by atoms with Crippen molar-refractivity contribution in [1.29, 1.82) is 0 Å². The molecular weight excluding hydrogens is 260 g/mol. The number of ether oxygens (including phenoxy) is 2. The lowest BCUT2D eigenvalue weighted by Crippen LogP contribution is -2.18. The fourth-order valence-corrected chi connectivity index (χ4v) is 1.61. The van der Waals surface area contributed by atoms with Crippen LogP contribution in [0.2, 0.25) is 0 Å². The molecule has 6 heteroatoms. The topological polar surface area (TPSA) is 87.6 Å². The number of oxazole rings is 1. The fourth-order valence-electron chi connectivity index (χ4n) is 1.61. The molecule has 0 saturated carbocycles. The molecule has 0 saturated heterocycles. The first-order valence-corrected chi connectivity index (χ1v) is 6.11. The van der Waals surface area contributed by atoms with E-state index >= 15 is 0 Å². The van der Waals surface area contributed by atoms with Crippen molar-refractivity contribution in [2.45, 2.75) is 12.6 Å². The molecule has 6 nitrogen and oxygen atoms in total. The number of rotatable bonds is 6. The predicted octanol–water partition coefficient (Wildman–Crippen LogP) is 1.68. The van der Waals surface area contributed by atoms with Crippen molar-refractivity contribution in [2.75, 3.05) is 13.7 Å². The van der Waals surface area contributed by atoms with Crippen LogP contribution in [0, 0.1) is 0 Å². The summed E-state index contributed by atoms with van der Waals surface area (Å²) >= 11 is 0. The lowest BCUT2D eigenvalue weighted by molar-refractivity contribution is 0.0593. The highest BCUT2D eigenvalue weighted by Gasteiger charge is 2.17. The van der Waals surface area contributed by atoms with E-state index in [2.05, 4.69) is 9.72 Å². The first-order valence-electron chi connectivity index (χ1n) is 6.11. The largest absolute Gasteiger partial charge is 0.464 e. The van der Waals surface area contributed by atoms with Crippen LogP contribution in [0.5, 0.6) is 0 Å². The van der Waals surface area contributed by atoms with Gasteiger partial charge in [-0.05, 0) is 5.56 Å². The van der Waals surface area contributed by atoms with E-state index in [-0.39, 0.29) is 18.2 Å². The zero-order valence-electron chi connectivity index (χ0n) is 11.1. The van der Waals surface area contributed by atoms with Crippen LogP contribution in [0.1, 0.15) is 28.0 Å². The maximum Gasteiger partial charge on any atom is 0.360 e. The Hall–Kier alpha value is -2.18. The molecule has 106 valence electrons. The van der Waals surface area contributed by atoms with E-state index in [0.717, 1.165) is 5.56 Å². The molecule has 20 heavy (non-hydrogen) atoms. The van der Waals surface area contributed by atoms with Crippen molar-refractivity contribution in [3.8, 4) is 0 Å². The predicted molar refractivity (Wildman–Crippen MR) is 70.9 cm³/mol. The fraction of sp³-hybridized carbons (Fsp3) is 0.286. The summed E-state index contributed by atoms with van der Waals surface area (Å²) in [6.07, 6.45) is 1.22. The SMILES string of the molecule is COC(=O)c1coc(C(N)COCc2ccccc2)n1. The summed E-state index contributed by atoms with van der Waals surface area (Å²) in [6.45, 7) is 0.703. The molecule has 1 atom stereocenters. The maximum absolute atomic E-state index is 11.2. The van der Waals surface area contributed by atoms with Crippen molar-refractivity contribution in [3.05, 3.63) is 53.7 Å². The summed E-state index contributed by atoms with van der Waals surface area (Å²) in [7, 11) is 1.28. The Labute approximate surface area is 116 Å².